The molecule has 0 aromatic carbocycles. The van der Waals surface area contributed by atoms with Gasteiger partial charge in [0, 0.05) is 13.1 Å². The van der Waals surface area contributed by atoms with E-state index in [9.17, 15) is 4.79 Å². The van der Waals surface area contributed by atoms with E-state index < -0.39 is 0 Å². The second-order valence-corrected chi connectivity index (χ2v) is 4.33. The molecule has 0 saturated heterocycles. The normalized spacial score (nSPS) is 12.2. The van der Waals surface area contributed by atoms with Crippen LogP contribution >= 0.6 is 0 Å². The molecule has 0 radical (unpaired) electrons. The van der Waals surface area contributed by atoms with Crippen molar-refractivity contribution in [1.29, 1.82) is 0 Å². The molecule has 0 bridgehead atoms. The van der Waals surface area contributed by atoms with E-state index in [0.717, 1.165) is 25.0 Å². The fraction of sp³-hybridized carbons (Fsp3) is 0.769. The van der Waals surface area contributed by atoms with Gasteiger partial charge < -0.3 is 15.4 Å². The summed E-state index contributed by atoms with van der Waals surface area (Å²) in [5.74, 6) is 0.0540. The van der Waals surface area contributed by atoms with Crippen LogP contribution in [-0.4, -0.2) is 38.3 Å². The van der Waals surface area contributed by atoms with E-state index in [4.69, 9.17) is 4.74 Å². The van der Waals surface area contributed by atoms with E-state index in [1.807, 2.05) is 13.8 Å². The Bertz CT molecular complexity index is 229. The monoisotopic (exact) mass is 242 g/mol. The lowest BCUT2D eigenvalue weighted by atomic mass is 10.3. The summed E-state index contributed by atoms with van der Waals surface area (Å²) < 4.78 is 5.33. The van der Waals surface area contributed by atoms with Crippen LogP contribution in [0.2, 0.25) is 0 Å². The Morgan fingerprint density at radius 1 is 1.41 bits per heavy atom. The van der Waals surface area contributed by atoms with E-state index in [0.29, 0.717) is 19.8 Å². The Morgan fingerprint density at radius 3 is 2.71 bits per heavy atom. The van der Waals surface area contributed by atoms with Gasteiger partial charge in [0.05, 0.1) is 19.3 Å². The molecule has 1 atom stereocenters. The van der Waals surface area contributed by atoms with Crippen molar-refractivity contribution < 1.29 is 9.53 Å². The highest BCUT2D eigenvalue weighted by molar-refractivity contribution is 5.81. The Labute approximate surface area is 105 Å². The van der Waals surface area contributed by atoms with Gasteiger partial charge in [-0.1, -0.05) is 25.5 Å². The van der Waals surface area contributed by atoms with Crippen LogP contribution in [0.15, 0.2) is 12.2 Å². The molecule has 1 amide bonds. The highest BCUT2D eigenvalue weighted by atomic mass is 16.5. The van der Waals surface area contributed by atoms with Crippen LogP contribution < -0.4 is 10.6 Å². The van der Waals surface area contributed by atoms with Gasteiger partial charge in [0.15, 0.2) is 0 Å². The number of hydrogen-bond acceptors (Lipinski definition) is 3. The quantitative estimate of drug-likeness (QED) is 0.450. The number of rotatable bonds is 10. The van der Waals surface area contributed by atoms with E-state index in [1.54, 1.807) is 0 Å². The van der Waals surface area contributed by atoms with Crippen LogP contribution in [0.4, 0.5) is 0 Å². The molecule has 2 N–H and O–H groups in total. The molecule has 0 saturated carbocycles. The predicted octanol–water partition coefficient (Wildman–Crippen LogP) is 1.47. The van der Waals surface area contributed by atoms with Gasteiger partial charge in [-0.15, -0.1) is 0 Å². The third kappa shape index (κ3) is 10.0. The SMILES string of the molecule is C=C(C)COCCNC(C)C(=O)NCCCC. The minimum Gasteiger partial charge on any atom is -0.376 e. The second-order valence-electron chi connectivity index (χ2n) is 4.33. The first kappa shape index (κ1) is 16.1. The van der Waals surface area contributed by atoms with Gasteiger partial charge in [-0.2, -0.15) is 0 Å². The van der Waals surface area contributed by atoms with Crippen molar-refractivity contribution in [1.82, 2.24) is 10.6 Å². The highest BCUT2D eigenvalue weighted by Gasteiger charge is 2.10. The van der Waals surface area contributed by atoms with Crippen LogP contribution in [0.25, 0.3) is 0 Å². The molecule has 0 aromatic heterocycles. The topological polar surface area (TPSA) is 50.4 Å². The van der Waals surface area contributed by atoms with Crippen molar-refractivity contribution in [3.05, 3.63) is 12.2 Å². The van der Waals surface area contributed by atoms with Gasteiger partial charge in [-0.3, -0.25) is 4.79 Å². The zero-order valence-corrected chi connectivity index (χ0v) is 11.3. The zero-order chi connectivity index (χ0) is 13.1. The minimum atomic E-state index is -0.166. The summed E-state index contributed by atoms with van der Waals surface area (Å²) in [7, 11) is 0. The molecular weight excluding hydrogens is 216 g/mol. The summed E-state index contributed by atoms with van der Waals surface area (Å²) in [6, 6.07) is -0.166. The molecule has 4 nitrogen and oxygen atoms in total. The maximum absolute atomic E-state index is 11.6. The molecule has 0 spiro atoms. The smallest absolute Gasteiger partial charge is 0.236 e. The van der Waals surface area contributed by atoms with Crippen LogP contribution in [0.5, 0.6) is 0 Å². The second kappa shape index (κ2) is 10.3. The van der Waals surface area contributed by atoms with Gasteiger partial charge in [-0.25, -0.2) is 0 Å². The first-order valence-electron chi connectivity index (χ1n) is 6.31. The van der Waals surface area contributed by atoms with Gasteiger partial charge in [0.2, 0.25) is 5.91 Å². The standard InChI is InChI=1S/C13H26N2O2/c1-5-6-7-15-13(16)12(4)14-8-9-17-10-11(2)3/h12,14H,2,5-10H2,1,3-4H3,(H,15,16). The fourth-order valence-electron chi connectivity index (χ4n) is 1.23. The van der Waals surface area contributed by atoms with Crippen LogP contribution in [0, 0.1) is 0 Å². The first-order valence-corrected chi connectivity index (χ1v) is 6.31. The first-order chi connectivity index (χ1) is 8.07. The van der Waals surface area contributed by atoms with Crippen LogP contribution in [0.1, 0.15) is 33.6 Å². The largest absolute Gasteiger partial charge is 0.376 e. The average molecular weight is 242 g/mol. The molecular formula is C13H26N2O2. The van der Waals surface area contributed by atoms with E-state index in [1.165, 1.54) is 0 Å². The maximum atomic E-state index is 11.6. The van der Waals surface area contributed by atoms with E-state index >= 15 is 0 Å². The van der Waals surface area contributed by atoms with Gasteiger partial charge >= 0.3 is 0 Å². The van der Waals surface area contributed by atoms with Gasteiger partial charge in [0.1, 0.15) is 0 Å². The van der Waals surface area contributed by atoms with Crippen LogP contribution in [-0.2, 0) is 9.53 Å². The molecule has 0 heterocycles. The molecule has 4 heteroatoms. The molecule has 1 unspecified atom stereocenters. The summed E-state index contributed by atoms with van der Waals surface area (Å²) >= 11 is 0. The average Bonchev–Trinajstić information content (AvgIpc) is 2.28. The lowest BCUT2D eigenvalue weighted by Gasteiger charge is -2.14. The summed E-state index contributed by atoms with van der Waals surface area (Å²) in [6.07, 6.45) is 2.12. The molecule has 0 rings (SSSR count). The number of hydrogen-bond donors (Lipinski definition) is 2. The molecule has 0 aliphatic rings. The number of amides is 1. The van der Waals surface area contributed by atoms with Crippen molar-refractivity contribution in [3.63, 3.8) is 0 Å². The lowest BCUT2D eigenvalue weighted by molar-refractivity contribution is -0.122. The number of carbonyl (C=O) groups is 1. The third-order valence-corrected chi connectivity index (χ3v) is 2.27. The number of nitrogens with one attached hydrogen (secondary N) is 2. The predicted molar refractivity (Wildman–Crippen MR) is 71.0 cm³/mol. The van der Waals surface area contributed by atoms with Gasteiger partial charge in [0.25, 0.3) is 0 Å². The zero-order valence-electron chi connectivity index (χ0n) is 11.3. The molecule has 100 valence electrons. The highest BCUT2D eigenvalue weighted by Crippen LogP contribution is 1.88. The fourth-order valence-corrected chi connectivity index (χ4v) is 1.23. The molecule has 0 aliphatic heterocycles. The lowest BCUT2D eigenvalue weighted by Crippen LogP contribution is -2.43. The number of ether oxygens (including phenoxy) is 1. The minimum absolute atomic E-state index is 0.0540. The Balaban J connectivity index is 3.46. The third-order valence-electron chi connectivity index (χ3n) is 2.27. The molecule has 0 aromatic rings. The van der Waals surface area contributed by atoms with Crippen molar-refractivity contribution in [2.24, 2.45) is 0 Å². The molecule has 0 fully saturated rings. The summed E-state index contributed by atoms with van der Waals surface area (Å²) in [5, 5.41) is 6.00. The molecule has 0 aliphatic carbocycles. The maximum Gasteiger partial charge on any atom is 0.236 e. The van der Waals surface area contributed by atoms with Crippen molar-refractivity contribution >= 4 is 5.91 Å². The van der Waals surface area contributed by atoms with E-state index in [-0.39, 0.29) is 11.9 Å². The van der Waals surface area contributed by atoms with Crippen molar-refractivity contribution in [2.45, 2.75) is 39.7 Å². The van der Waals surface area contributed by atoms with Crippen LogP contribution in [0.3, 0.4) is 0 Å². The Kier molecular flexibility index (Phi) is 9.77. The summed E-state index contributed by atoms with van der Waals surface area (Å²) in [6.45, 7) is 12.3. The Morgan fingerprint density at radius 2 is 2.12 bits per heavy atom. The summed E-state index contributed by atoms with van der Waals surface area (Å²) in [5.41, 5.74) is 1.01. The summed E-state index contributed by atoms with van der Waals surface area (Å²) in [4.78, 5) is 11.6. The van der Waals surface area contributed by atoms with Crippen molar-refractivity contribution in [2.75, 3.05) is 26.3 Å². The number of unbranched alkanes of at least 4 members (excludes halogenated alkanes) is 1. The van der Waals surface area contributed by atoms with Crippen molar-refractivity contribution in [3.8, 4) is 0 Å². The van der Waals surface area contributed by atoms with Gasteiger partial charge in [-0.05, 0) is 20.3 Å². The Hall–Kier alpha value is -0.870. The molecule has 17 heavy (non-hydrogen) atoms. The van der Waals surface area contributed by atoms with E-state index in [2.05, 4.69) is 24.1 Å². The number of carbonyl (C=O) groups excluding carboxylic acids is 1.